The van der Waals surface area contributed by atoms with Gasteiger partial charge >= 0.3 is 0 Å². The second-order valence-corrected chi connectivity index (χ2v) is 7.22. The van der Waals surface area contributed by atoms with Crippen LogP contribution in [0.15, 0.2) is 22.9 Å². The van der Waals surface area contributed by atoms with Gasteiger partial charge in [0.1, 0.15) is 5.82 Å². The van der Waals surface area contributed by atoms with Crippen molar-refractivity contribution in [3.63, 3.8) is 0 Å². The number of hydrogen-bond donors (Lipinski definition) is 2. The van der Waals surface area contributed by atoms with Crippen LogP contribution in [0.4, 0.5) is 5.82 Å². The summed E-state index contributed by atoms with van der Waals surface area (Å²) in [6.07, 6.45) is 8.28. The Hall–Kier alpha value is -1.95. The summed E-state index contributed by atoms with van der Waals surface area (Å²) in [5, 5.41) is 17.4. The maximum Gasteiger partial charge on any atom is 0.258 e. The molecule has 0 spiro atoms. The van der Waals surface area contributed by atoms with Crippen molar-refractivity contribution in [3.8, 4) is 11.5 Å². The molecule has 6 heteroatoms. The Morgan fingerprint density at radius 3 is 2.92 bits per heavy atom. The lowest BCUT2D eigenvalue weighted by Crippen LogP contribution is -2.24. The topological polar surface area (TPSA) is 84.1 Å². The number of aromatic nitrogens is 3. The lowest BCUT2D eigenvalue weighted by atomic mass is 9.83. The summed E-state index contributed by atoms with van der Waals surface area (Å²) in [5.41, 5.74) is 0.875. The van der Waals surface area contributed by atoms with E-state index < -0.39 is 0 Å². The highest BCUT2D eigenvalue weighted by Gasteiger charge is 2.22. The number of rotatable bonds is 7. The van der Waals surface area contributed by atoms with Crippen molar-refractivity contribution >= 4 is 5.82 Å². The van der Waals surface area contributed by atoms with E-state index in [4.69, 9.17) is 4.52 Å². The molecule has 0 aromatic carbocycles. The fraction of sp³-hybridized carbons (Fsp3) is 0.632. The van der Waals surface area contributed by atoms with E-state index in [1.54, 1.807) is 6.20 Å². The molecular formula is C19H28N4O2. The van der Waals surface area contributed by atoms with Gasteiger partial charge in [0.05, 0.1) is 6.10 Å². The molecular weight excluding hydrogens is 316 g/mol. The van der Waals surface area contributed by atoms with E-state index in [1.807, 2.05) is 26.0 Å². The van der Waals surface area contributed by atoms with Crippen LogP contribution in [-0.4, -0.2) is 32.9 Å². The Balaban J connectivity index is 1.51. The molecule has 136 valence electrons. The van der Waals surface area contributed by atoms with Crippen molar-refractivity contribution in [3.05, 3.63) is 24.2 Å². The average molecular weight is 344 g/mol. The molecule has 2 aromatic heterocycles. The Labute approximate surface area is 149 Å². The minimum atomic E-state index is -0.108. The van der Waals surface area contributed by atoms with Crippen LogP contribution >= 0.6 is 0 Å². The van der Waals surface area contributed by atoms with Gasteiger partial charge in [-0.05, 0) is 43.7 Å². The molecule has 6 nitrogen and oxygen atoms in total. The zero-order valence-corrected chi connectivity index (χ0v) is 15.1. The molecule has 1 aliphatic rings. The third-order valence-corrected chi connectivity index (χ3v) is 4.89. The molecule has 0 saturated heterocycles. The average Bonchev–Trinajstić information content (AvgIpc) is 3.11. The molecule has 2 aromatic rings. The Morgan fingerprint density at radius 1 is 1.32 bits per heavy atom. The van der Waals surface area contributed by atoms with Crippen molar-refractivity contribution in [2.24, 2.45) is 5.92 Å². The highest BCUT2D eigenvalue weighted by Crippen LogP contribution is 2.28. The lowest BCUT2D eigenvalue weighted by molar-refractivity contribution is 0.0648. The molecule has 2 atom stereocenters. The van der Waals surface area contributed by atoms with Crippen LogP contribution < -0.4 is 5.32 Å². The SMILES string of the molecule is CC(C)c1noc(-c2ccnc(NCCCC3CCCCC3O)c2)n1. The Morgan fingerprint density at radius 2 is 2.16 bits per heavy atom. The molecule has 2 heterocycles. The third-order valence-electron chi connectivity index (χ3n) is 4.89. The van der Waals surface area contributed by atoms with Crippen molar-refractivity contribution in [2.75, 3.05) is 11.9 Å². The summed E-state index contributed by atoms with van der Waals surface area (Å²) >= 11 is 0. The molecule has 0 bridgehead atoms. The van der Waals surface area contributed by atoms with Gasteiger partial charge in [0.15, 0.2) is 5.82 Å². The molecule has 0 aliphatic heterocycles. The van der Waals surface area contributed by atoms with Crippen LogP contribution in [-0.2, 0) is 0 Å². The first-order valence-electron chi connectivity index (χ1n) is 9.35. The standard InChI is InChI=1S/C19H28N4O2/c1-13(2)18-22-19(25-23-18)15-9-11-21-17(12-15)20-10-5-7-14-6-3-4-8-16(14)24/h9,11-14,16,24H,3-8,10H2,1-2H3,(H,20,21). The van der Waals surface area contributed by atoms with Gasteiger partial charge in [0.25, 0.3) is 5.89 Å². The lowest BCUT2D eigenvalue weighted by Gasteiger charge is -2.27. The van der Waals surface area contributed by atoms with Crippen molar-refractivity contribution in [1.82, 2.24) is 15.1 Å². The monoisotopic (exact) mass is 344 g/mol. The fourth-order valence-electron chi connectivity index (χ4n) is 3.35. The van der Waals surface area contributed by atoms with Crippen molar-refractivity contribution < 1.29 is 9.63 Å². The highest BCUT2D eigenvalue weighted by molar-refractivity contribution is 5.57. The van der Waals surface area contributed by atoms with Gasteiger partial charge in [0, 0.05) is 24.2 Å². The van der Waals surface area contributed by atoms with Gasteiger partial charge in [-0.1, -0.05) is 31.8 Å². The number of anilines is 1. The van der Waals surface area contributed by atoms with Gasteiger partial charge in [-0.15, -0.1) is 0 Å². The van der Waals surface area contributed by atoms with Gasteiger partial charge in [-0.2, -0.15) is 4.98 Å². The zero-order valence-electron chi connectivity index (χ0n) is 15.1. The van der Waals surface area contributed by atoms with Gasteiger partial charge in [0.2, 0.25) is 0 Å². The van der Waals surface area contributed by atoms with E-state index in [1.165, 1.54) is 12.8 Å². The van der Waals surface area contributed by atoms with E-state index in [0.29, 0.717) is 17.6 Å². The van der Waals surface area contributed by atoms with Crippen LogP contribution in [0.25, 0.3) is 11.5 Å². The van der Waals surface area contributed by atoms with Crippen LogP contribution in [0.2, 0.25) is 0 Å². The third kappa shape index (κ3) is 4.78. The summed E-state index contributed by atoms with van der Waals surface area (Å²) in [6, 6.07) is 3.81. The van der Waals surface area contributed by atoms with E-state index in [2.05, 4.69) is 20.4 Å². The molecule has 1 saturated carbocycles. The van der Waals surface area contributed by atoms with Crippen LogP contribution in [0.3, 0.4) is 0 Å². The molecule has 1 fully saturated rings. The van der Waals surface area contributed by atoms with Gasteiger partial charge in [-0.25, -0.2) is 4.98 Å². The molecule has 0 radical (unpaired) electrons. The molecule has 0 amide bonds. The molecule has 25 heavy (non-hydrogen) atoms. The number of nitrogens with one attached hydrogen (secondary N) is 1. The minimum absolute atomic E-state index is 0.108. The van der Waals surface area contributed by atoms with E-state index >= 15 is 0 Å². The zero-order chi connectivity index (χ0) is 17.6. The molecule has 2 unspecified atom stereocenters. The maximum absolute atomic E-state index is 10.0. The first-order valence-corrected chi connectivity index (χ1v) is 9.35. The predicted molar refractivity (Wildman–Crippen MR) is 97.3 cm³/mol. The summed E-state index contributed by atoms with van der Waals surface area (Å²) in [5.74, 6) is 2.76. The number of aliphatic hydroxyl groups excluding tert-OH is 1. The quantitative estimate of drug-likeness (QED) is 0.739. The summed E-state index contributed by atoms with van der Waals surface area (Å²) in [4.78, 5) is 8.78. The number of aliphatic hydroxyl groups is 1. The van der Waals surface area contributed by atoms with Gasteiger partial charge in [-0.3, -0.25) is 0 Å². The largest absolute Gasteiger partial charge is 0.393 e. The molecule has 2 N–H and O–H groups in total. The Kier molecular flexibility index (Phi) is 6.02. The number of pyridine rings is 1. The minimum Gasteiger partial charge on any atom is -0.393 e. The van der Waals surface area contributed by atoms with Crippen LogP contribution in [0, 0.1) is 5.92 Å². The molecule has 3 rings (SSSR count). The van der Waals surface area contributed by atoms with E-state index in [0.717, 1.165) is 43.6 Å². The summed E-state index contributed by atoms with van der Waals surface area (Å²) < 4.78 is 5.34. The predicted octanol–water partition coefficient (Wildman–Crippen LogP) is 4.00. The maximum atomic E-state index is 10.0. The smallest absolute Gasteiger partial charge is 0.258 e. The second-order valence-electron chi connectivity index (χ2n) is 7.22. The van der Waals surface area contributed by atoms with Crippen LogP contribution in [0.5, 0.6) is 0 Å². The van der Waals surface area contributed by atoms with Crippen molar-refractivity contribution in [1.29, 1.82) is 0 Å². The van der Waals surface area contributed by atoms with E-state index in [-0.39, 0.29) is 12.0 Å². The van der Waals surface area contributed by atoms with Crippen molar-refractivity contribution in [2.45, 2.75) is 64.4 Å². The normalized spacial score (nSPS) is 20.8. The summed E-state index contributed by atoms with van der Waals surface area (Å²) in [6.45, 7) is 4.93. The first kappa shape index (κ1) is 17.9. The summed E-state index contributed by atoms with van der Waals surface area (Å²) in [7, 11) is 0. The number of nitrogens with zero attached hydrogens (tertiary/aromatic N) is 3. The Bertz CT molecular complexity index is 671. The van der Waals surface area contributed by atoms with Crippen LogP contribution in [0.1, 0.15) is 64.1 Å². The highest BCUT2D eigenvalue weighted by atomic mass is 16.5. The molecule has 1 aliphatic carbocycles. The van der Waals surface area contributed by atoms with Gasteiger partial charge < -0.3 is 14.9 Å². The fourth-order valence-corrected chi connectivity index (χ4v) is 3.35. The second kappa shape index (κ2) is 8.43. The van der Waals surface area contributed by atoms with E-state index in [9.17, 15) is 5.11 Å². The number of hydrogen-bond acceptors (Lipinski definition) is 6. The first-order chi connectivity index (χ1) is 12.1.